The van der Waals surface area contributed by atoms with Crippen molar-refractivity contribution in [1.29, 1.82) is 0 Å². The van der Waals surface area contributed by atoms with E-state index >= 15 is 0 Å². The van der Waals surface area contributed by atoms with Crippen LogP contribution in [0.3, 0.4) is 0 Å². The molecule has 1 saturated heterocycles. The summed E-state index contributed by atoms with van der Waals surface area (Å²) < 4.78 is 0. The first-order valence-electron chi connectivity index (χ1n) is 4.80. The second-order valence-corrected chi connectivity index (χ2v) is 3.45. The number of aliphatic carboxylic acids is 1. The van der Waals surface area contributed by atoms with Gasteiger partial charge in [0.15, 0.2) is 0 Å². The van der Waals surface area contributed by atoms with Crippen molar-refractivity contribution >= 4 is 23.8 Å². The van der Waals surface area contributed by atoms with Crippen LogP contribution >= 0.6 is 0 Å². The van der Waals surface area contributed by atoms with Gasteiger partial charge in [-0.15, -0.1) is 0 Å². The largest absolute Gasteiger partial charge is 0.481 e. The quantitative estimate of drug-likeness (QED) is 0.394. The van der Waals surface area contributed by atoms with Crippen molar-refractivity contribution in [2.75, 3.05) is 13.6 Å². The Bertz CT molecular complexity index is 352. The number of nitrogens with zero attached hydrogens (tertiary/aromatic N) is 2. The number of amides is 4. The van der Waals surface area contributed by atoms with E-state index in [1.165, 1.54) is 7.05 Å². The van der Waals surface area contributed by atoms with Crippen molar-refractivity contribution in [2.45, 2.75) is 19.3 Å². The predicted octanol–water partition coefficient (Wildman–Crippen LogP) is -0.338. The van der Waals surface area contributed by atoms with Gasteiger partial charge in [-0.3, -0.25) is 24.2 Å². The molecule has 1 N–H and O–H groups in total. The van der Waals surface area contributed by atoms with Crippen LogP contribution in [-0.4, -0.2) is 52.3 Å². The lowest BCUT2D eigenvalue weighted by Gasteiger charge is -2.11. The third-order valence-electron chi connectivity index (χ3n) is 2.27. The van der Waals surface area contributed by atoms with E-state index < -0.39 is 23.8 Å². The average molecular weight is 228 g/mol. The summed E-state index contributed by atoms with van der Waals surface area (Å²) in [7, 11) is 1.24. The highest BCUT2D eigenvalue weighted by Crippen LogP contribution is 2.11. The van der Waals surface area contributed by atoms with Crippen LogP contribution in [0.5, 0.6) is 0 Å². The Morgan fingerprint density at radius 2 is 1.81 bits per heavy atom. The number of carbonyl (C=O) groups is 4. The fourth-order valence-corrected chi connectivity index (χ4v) is 1.36. The van der Waals surface area contributed by atoms with Gasteiger partial charge in [0, 0.05) is 20.0 Å². The molecule has 0 bridgehead atoms. The summed E-state index contributed by atoms with van der Waals surface area (Å²) in [5, 5.41) is 8.38. The zero-order valence-corrected chi connectivity index (χ0v) is 8.80. The molecule has 0 saturated carbocycles. The Balaban J connectivity index is 2.43. The molecule has 1 aliphatic rings. The summed E-state index contributed by atoms with van der Waals surface area (Å²) in [5.41, 5.74) is 0. The van der Waals surface area contributed by atoms with Gasteiger partial charge in [0.25, 0.3) is 0 Å². The van der Waals surface area contributed by atoms with E-state index in [1.807, 2.05) is 0 Å². The minimum Gasteiger partial charge on any atom is -0.481 e. The molecule has 0 aliphatic carbocycles. The van der Waals surface area contributed by atoms with Gasteiger partial charge in [-0.05, 0) is 12.8 Å². The zero-order chi connectivity index (χ0) is 12.3. The first-order chi connectivity index (χ1) is 7.45. The van der Waals surface area contributed by atoms with Crippen LogP contribution in [0.4, 0.5) is 4.79 Å². The maximum absolute atomic E-state index is 11.3. The highest BCUT2D eigenvalue weighted by Gasteiger charge is 2.41. The molecule has 0 spiro atoms. The molecule has 4 amide bonds. The third kappa shape index (κ3) is 2.36. The molecule has 7 nitrogen and oxygen atoms in total. The topological polar surface area (TPSA) is 95.0 Å². The monoisotopic (exact) mass is 228 g/mol. The summed E-state index contributed by atoms with van der Waals surface area (Å²) in [6.07, 6.45) is 0.731. The number of likely N-dealkylation sites (N-methyl/N-ethyl adjacent to an activating group) is 1. The fourth-order valence-electron chi connectivity index (χ4n) is 1.36. The van der Waals surface area contributed by atoms with Gasteiger partial charge >= 0.3 is 23.8 Å². The maximum atomic E-state index is 11.3. The molecule has 1 rings (SSSR count). The maximum Gasteiger partial charge on any atom is 0.333 e. The van der Waals surface area contributed by atoms with Crippen LogP contribution in [0, 0.1) is 0 Å². The molecule has 7 heteroatoms. The van der Waals surface area contributed by atoms with Crippen molar-refractivity contribution in [2.24, 2.45) is 0 Å². The fraction of sp³-hybridized carbons (Fsp3) is 0.556. The summed E-state index contributed by atoms with van der Waals surface area (Å²) in [6.45, 7) is 0.0844. The standard InChI is InChI=1S/C9H12N2O5/c1-10-7(14)8(15)11(9(10)16)5-3-2-4-6(12)13/h2-5H2,1H3,(H,12,13). The number of carbonyl (C=O) groups excluding carboxylic acids is 3. The van der Waals surface area contributed by atoms with Gasteiger partial charge in [-0.25, -0.2) is 4.79 Å². The summed E-state index contributed by atoms with van der Waals surface area (Å²) in [6, 6.07) is -0.648. The van der Waals surface area contributed by atoms with Crippen LogP contribution in [0.25, 0.3) is 0 Å². The SMILES string of the molecule is CN1C(=O)C(=O)N(CCCCC(=O)O)C1=O. The number of rotatable bonds is 5. The number of carboxylic acid groups (broad SMARTS) is 1. The van der Waals surface area contributed by atoms with Gasteiger partial charge in [0.1, 0.15) is 0 Å². The lowest BCUT2D eigenvalue weighted by Crippen LogP contribution is -2.32. The number of unbranched alkanes of at least 4 members (excludes halogenated alkanes) is 1. The van der Waals surface area contributed by atoms with E-state index in [4.69, 9.17) is 5.11 Å². The molecule has 0 atom stereocenters. The normalized spacial score (nSPS) is 16.2. The Kier molecular flexibility index (Phi) is 3.60. The second-order valence-electron chi connectivity index (χ2n) is 3.45. The lowest BCUT2D eigenvalue weighted by molar-refractivity contribution is -0.142. The Morgan fingerprint density at radius 3 is 2.25 bits per heavy atom. The highest BCUT2D eigenvalue weighted by molar-refractivity contribution is 6.44. The van der Waals surface area contributed by atoms with E-state index in [-0.39, 0.29) is 13.0 Å². The van der Waals surface area contributed by atoms with Crippen LogP contribution < -0.4 is 0 Å². The van der Waals surface area contributed by atoms with Gasteiger partial charge in [0.2, 0.25) is 0 Å². The molecule has 88 valence electrons. The Hall–Kier alpha value is -1.92. The number of hydrogen-bond donors (Lipinski definition) is 1. The van der Waals surface area contributed by atoms with Crippen molar-refractivity contribution in [3.05, 3.63) is 0 Å². The molecule has 0 radical (unpaired) electrons. The van der Waals surface area contributed by atoms with Gasteiger partial charge in [-0.1, -0.05) is 0 Å². The van der Waals surface area contributed by atoms with Crippen molar-refractivity contribution in [3.8, 4) is 0 Å². The Labute approximate surface area is 91.6 Å². The molecule has 0 aromatic carbocycles. The summed E-state index contributed by atoms with van der Waals surface area (Å²) in [4.78, 5) is 45.5. The number of carboxylic acids is 1. The molecule has 0 unspecified atom stereocenters. The van der Waals surface area contributed by atoms with Crippen molar-refractivity contribution < 1.29 is 24.3 Å². The number of urea groups is 1. The number of hydrogen-bond acceptors (Lipinski definition) is 4. The second kappa shape index (κ2) is 4.73. The van der Waals surface area contributed by atoms with Crippen LogP contribution in [0.1, 0.15) is 19.3 Å². The van der Waals surface area contributed by atoms with E-state index in [9.17, 15) is 19.2 Å². The zero-order valence-electron chi connectivity index (χ0n) is 8.80. The van der Waals surface area contributed by atoms with Gasteiger partial charge < -0.3 is 5.11 Å². The Morgan fingerprint density at radius 1 is 1.19 bits per heavy atom. The highest BCUT2D eigenvalue weighted by atomic mass is 16.4. The number of imide groups is 2. The van der Waals surface area contributed by atoms with E-state index in [0.717, 1.165) is 9.80 Å². The first-order valence-corrected chi connectivity index (χ1v) is 4.80. The van der Waals surface area contributed by atoms with Gasteiger partial charge in [0.05, 0.1) is 0 Å². The van der Waals surface area contributed by atoms with Gasteiger partial charge in [-0.2, -0.15) is 0 Å². The minimum absolute atomic E-state index is 0.0139. The lowest BCUT2D eigenvalue weighted by atomic mass is 10.2. The van der Waals surface area contributed by atoms with E-state index in [1.54, 1.807) is 0 Å². The molecule has 0 aromatic heterocycles. The average Bonchev–Trinajstić information content (AvgIpc) is 2.40. The van der Waals surface area contributed by atoms with Crippen LogP contribution in [0.15, 0.2) is 0 Å². The van der Waals surface area contributed by atoms with Crippen molar-refractivity contribution in [3.63, 3.8) is 0 Å². The molecular weight excluding hydrogens is 216 g/mol. The van der Waals surface area contributed by atoms with Crippen LogP contribution in [0.2, 0.25) is 0 Å². The van der Waals surface area contributed by atoms with Crippen LogP contribution in [-0.2, 0) is 14.4 Å². The first kappa shape index (κ1) is 12.2. The third-order valence-corrected chi connectivity index (χ3v) is 2.27. The summed E-state index contributed by atoms with van der Waals surface area (Å²) in [5.74, 6) is -2.61. The molecule has 16 heavy (non-hydrogen) atoms. The van der Waals surface area contributed by atoms with E-state index in [2.05, 4.69) is 0 Å². The smallest absolute Gasteiger partial charge is 0.333 e. The molecule has 0 aromatic rings. The molecule has 1 aliphatic heterocycles. The minimum atomic E-state index is -0.924. The summed E-state index contributed by atoms with van der Waals surface area (Å²) >= 11 is 0. The molecule has 1 fully saturated rings. The van der Waals surface area contributed by atoms with E-state index in [0.29, 0.717) is 12.8 Å². The van der Waals surface area contributed by atoms with Crippen molar-refractivity contribution in [1.82, 2.24) is 9.80 Å². The molecular formula is C9H12N2O5. The predicted molar refractivity (Wildman–Crippen MR) is 51.4 cm³/mol. The molecule has 1 heterocycles.